The minimum Gasteiger partial charge on any atom is -0.475 e. The fraction of sp³-hybridized carbons (Fsp3) is 0.357. The molecule has 0 aliphatic rings. The fourth-order valence-electron chi connectivity index (χ4n) is 1.69. The zero-order chi connectivity index (χ0) is 13.5. The molecule has 0 aromatic carbocycles. The minimum atomic E-state index is 0.626. The van der Waals surface area contributed by atoms with Gasteiger partial charge >= 0.3 is 0 Å². The average Bonchev–Trinajstić information content (AvgIpc) is 2.87. The standard InChI is InChI=1S/C14H18N3OS/c1-3-4-5-6-10-18-14-13(15-19-16-14)12-8-7-9-17(2)11-12/h4-5,7-9,11H,3,6,10H2,1-2H3/q+1. The highest BCUT2D eigenvalue weighted by Crippen LogP contribution is 2.26. The van der Waals surface area contributed by atoms with Gasteiger partial charge < -0.3 is 4.74 Å². The van der Waals surface area contributed by atoms with Crippen molar-refractivity contribution < 1.29 is 9.30 Å². The highest BCUT2D eigenvalue weighted by Gasteiger charge is 2.13. The summed E-state index contributed by atoms with van der Waals surface area (Å²) in [5.74, 6) is 0.626. The van der Waals surface area contributed by atoms with Gasteiger partial charge in [0.15, 0.2) is 18.1 Å². The molecule has 0 spiro atoms. The molecule has 19 heavy (non-hydrogen) atoms. The molecule has 4 nitrogen and oxygen atoms in total. The molecule has 0 N–H and O–H groups in total. The smallest absolute Gasteiger partial charge is 0.254 e. The lowest BCUT2D eigenvalue weighted by molar-refractivity contribution is -0.671. The summed E-state index contributed by atoms with van der Waals surface area (Å²) >= 11 is 1.18. The normalized spacial score (nSPS) is 11.1. The summed E-state index contributed by atoms with van der Waals surface area (Å²) in [6.07, 6.45) is 10.2. The zero-order valence-corrected chi connectivity index (χ0v) is 12.1. The lowest BCUT2D eigenvalue weighted by Gasteiger charge is -2.02. The van der Waals surface area contributed by atoms with Crippen molar-refractivity contribution in [3.05, 3.63) is 36.7 Å². The molecule has 0 saturated carbocycles. The highest BCUT2D eigenvalue weighted by molar-refractivity contribution is 6.99. The van der Waals surface area contributed by atoms with Gasteiger partial charge in [0.2, 0.25) is 0 Å². The summed E-state index contributed by atoms with van der Waals surface area (Å²) in [7, 11) is 1.99. The third-order valence-corrected chi connectivity index (χ3v) is 3.11. The van der Waals surface area contributed by atoms with E-state index in [-0.39, 0.29) is 0 Å². The first-order chi connectivity index (χ1) is 9.31. The molecule has 0 aliphatic heterocycles. The van der Waals surface area contributed by atoms with Gasteiger partial charge in [0.1, 0.15) is 7.05 Å². The molecule has 0 fully saturated rings. The van der Waals surface area contributed by atoms with Crippen LogP contribution in [0.4, 0.5) is 0 Å². The van der Waals surface area contributed by atoms with E-state index in [2.05, 4.69) is 27.8 Å². The summed E-state index contributed by atoms with van der Waals surface area (Å²) in [5.41, 5.74) is 1.85. The summed E-state index contributed by atoms with van der Waals surface area (Å²) in [6, 6.07) is 4.00. The highest BCUT2D eigenvalue weighted by atomic mass is 32.1. The van der Waals surface area contributed by atoms with Crippen LogP contribution in [0, 0.1) is 0 Å². The van der Waals surface area contributed by atoms with Crippen molar-refractivity contribution in [2.75, 3.05) is 6.61 Å². The maximum atomic E-state index is 5.69. The van der Waals surface area contributed by atoms with Gasteiger partial charge in [0, 0.05) is 6.07 Å². The molecule has 2 heterocycles. The maximum absolute atomic E-state index is 5.69. The summed E-state index contributed by atoms with van der Waals surface area (Å²) in [6.45, 7) is 2.75. The molecule has 0 atom stereocenters. The Labute approximate surface area is 117 Å². The van der Waals surface area contributed by atoms with E-state index in [0.717, 1.165) is 24.1 Å². The predicted octanol–water partition coefficient (Wildman–Crippen LogP) is 2.76. The third-order valence-electron chi connectivity index (χ3n) is 2.60. The van der Waals surface area contributed by atoms with E-state index in [4.69, 9.17) is 4.74 Å². The number of allylic oxidation sites excluding steroid dienone is 1. The van der Waals surface area contributed by atoms with E-state index in [1.54, 1.807) is 0 Å². The van der Waals surface area contributed by atoms with Crippen LogP contribution in [0.5, 0.6) is 5.88 Å². The van der Waals surface area contributed by atoms with Gasteiger partial charge in [-0.15, -0.1) is 4.37 Å². The molecular weight excluding hydrogens is 258 g/mol. The summed E-state index contributed by atoms with van der Waals surface area (Å²) < 4.78 is 16.2. The number of aromatic nitrogens is 3. The summed E-state index contributed by atoms with van der Waals surface area (Å²) in [5, 5.41) is 0. The molecule has 0 unspecified atom stereocenters. The van der Waals surface area contributed by atoms with E-state index in [1.807, 2.05) is 36.1 Å². The quantitative estimate of drug-likeness (QED) is 0.462. The van der Waals surface area contributed by atoms with Crippen molar-refractivity contribution in [1.29, 1.82) is 0 Å². The topological polar surface area (TPSA) is 38.9 Å². The first-order valence-electron chi connectivity index (χ1n) is 6.37. The number of aryl methyl sites for hydroxylation is 1. The number of nitrogens with zero attached hydrogens (tertiary/aromatic N) is 3. The molecule has 0 saturated heterocycles. The Morgan fingerprint density at radius 3 is 3.05 bits per heavy atom. The molecule has 2 aromatic rings. The third kappa shape index (κ3) is 3.86. The number of hydrogen-bond donors (Lipinski definition) is 0. The van der Waals surface area contributed by atoms with Gasteiger partial charge in [-0.05, 0) is 18.9 Å². The Morgan fingerprint density at radius 1 is 1.37 bits per heavy atom. The molecule has 0 aliphatic carbocycles. The van der Waals surface area contributed by atoms with Gasteiger partial charge in [-0.1, -0.05) is 19.1 Å². The van der Waals surface area contributed by atoms with E-state index >= 15 is 0 Å². The first-order valence-corrected chi connectivity index (χ1v) is 7.10. The molecule has 2 aromatic heterocycles. The average molecular weight is 276 g/mol. The lowest BCUT2D eigenvalue weighted by atomic mass is 10.2. The largest absolute Gasteiger partial charge is 0.475 e. The van der Waals surface area contributed by atoms with Gasteiger partial charge in [-0.25, -0.2) is 4.57 Å². The Morgan fingerprint density at radius 2 is 2.26 bits per heavy atom. The monoisotopic (exact) mass is 276 g/mol. The zero-order valence-electron chi connectivity index (χ0n) is 11.2. The van der Waals surface area contributed by atoms with Crippen LogP contribution in [0.15, 0.2) is 36.7 Å². The van der Waals surface area contributed by atoms with Crippen LogP contribution in [0.1, 0.15) is 19.8 Å². The first kappa shape index (κ1) is 13.7. The number of ether oxygens (including phenoxy) is 1. The van der Waals surface area contributed by atoms with Crippen LogP contribution in [0.3, 0.4) is 0 Å². The van der Waals surface area contributed by atoms with Crippen molar-refractivity contribution in [2.24, 2.45) is 7.05 Å². The molecule has 0 bridgehead atoms. The Kier molecular flexibility index (Phi) is 5.03. The molecule has 5 heteroatoms. The number of rotatable bonds is 6. The Balaban J connectivity index is 2.03. The van der Waals surface area contributed by atoms with Crippen LogP contribution in [0.25, 0.3) is 11.3 Å². The van der Waals surface area contributed by atoms with Gasteiger partial charge in [-0.2, -0.15) is 4.37 Å². The second kappa shape index (κ2) is 6.99. The summed E-state index contributed by atoms with van der Waals surface area (Å²) in [4.78, 5) is 0. The van der Waals surface area contributed by atoms with Crippen molar-refractivity contribution in [1.82, 2.24) is 8.75 Å². The Hall–Kier alpha value is -1.75. The molecular formula is C14H18N3OS+. The molecule has 2 rings (SSSR count). The second-order valence-electron chi connectivity index (χ2n) is 4.19. The minimum absolute atomic E-state index is 0.626. The van der Waals surface area contributed by atoms with Gasteiger partial charge in [0.25, 0.3) is 5.88 Å². The van der Waals surface area contributed by atoms with E-state index in [1.165, 1.54) is 11.7 Å². The van der Waals surface area contributed by atoms with E-state index in [0.29, 0.717) is 12.5 Å². The number of hydrogen-bond acceptors (Lipinski definition) is 4. The van der Waals surface area contributed by atoms with Crippen LogP contribution >= 0.6 is 11.7 Å². The maximum Gasteiger partial charge on any atom is 0.254 e. The molecule has 100 valence electrons. The van der Waals surface area contributed by atoms with Crippen LogP contribution in [-0.2, 0) is 7.05 Å². The Bertz CT molecular complexity index is 551. The van der Waals surface area contributed by atoms with Gasteiger partial charge in [-0.3, -0.25) is 0 Å². The molecule has 0 radical (unpaired) electrons. The van der Waals surface area contributed by atoms with Crippen molar-refractivity contribution >= 4 is 11.7 Å². The number of pyridine rings is 1. The van der Waals surface area contributed by atoms with Gasteiger partial charge in [0.05, 0.1) is 23.9 Å². The lowest BCUT2D eigenvalue weighted by Crippen LogP contribution is -2.26. The van der Waals surface area contributed by atoms with Crippen LogP contribution in [0.2, 0.25) is 0 Å². The van der Waals surface area contributed by atoms with E-state index < -0.39 is 0 Å². The predicted molar refractivity (Wildman–Crippen MR) is 76.1 cm³/mol. The molecule has 0 amide bonds. The van der Waals surface area contributed by atoms with Crippen LogP contribution in [-0.4, -0.2) is 15.4 Å². The SMILES string of the molecule is CCC=CCCOc1nsnc1-c1ccc[n+](C)c1. The fourth-order valence-corrected chi connectivity index (χ4v) is 2.21. The van der Waals surface area contributed by atoms with E-state index in [9.17, 15) is 0 Å². The van der Waals surface area contributed by atoms with Crippen molar-refractivity contribution in [2.45, 2.75) is 19.8 Å². The van der Waals surface area contributed by atoms with Crippen LogP contribution < -0.4 is 9.30 Å². The second-order valence-corrected chi connectivity index (χ2v) is 4.72. The van der Waals surface area contributed by atoms with Crippen molar-refractivity contribution in [3.63, 3.8) is 0 Å². The van der Waals surface area contributed by atoms with Crippen molar-refractivity contribution in [3.8, 4) is 17.1 Å².